The van der Waals surface area contributed by atoms with Crippen molar-refractivity contribution in [2.75, 3.05) is 36.0 Å². The smallest absolute Gasteiger partial charge is 0.269 e. The number of nitrogens with zero attached hydrogens (tertiary/aromatic N) is 7. The van der Waals surface area contributed by atoms with Crippen LogP contribution in [0.5, 0.6) is 0 Å². The number of piperazine rings is 1. The summed E-state index contributed by atoms with van der Waals surface area (Å²) in [4.78, 5) is 19.9. The number of para-hydroxylation sites is 1. The molecule has 5 aromatic rings. The molecule has 12 heteroatoms. The fourth-order valence-corrected chi connectivity index (χ4v) is 6.22. The topological polar surface area (TPSA) is 127 Å². The number of hydrogen-bond donors (Lipinski definition) is 0. The number of aryl methyl sites for hydroxylation is 2. The molecule has 6 rings (SSSR count). The number of aromatic nitrogens is 4. The summed E-state index contributed by atoms with van der Waals surface area (Å²) < 4.78 is 28.8. The summed E-state index contributed by atoms with van der Waals surface area (Å²) in [6, 6.07) is 19.2. The number of anilines is 2. The van der Waals surface area contributed by atoms with Crippen LogP contribution in [0.2, 0.25) is 0 Å². The molecule has 0 N–H and O–H groups in total. The standard InChI is InChI=1S/C27H25N7O4S/c1-18-7-12-22(17-19(18)2)39(37,38)27-26-28-25(23-5-3-4-6-24(23)33(26)30-29-27)32-15-13-31(14-16-32)20-8-10-21(11-9-20)34(35)36/h3-12,17H,13-16H2,1-2H3. The first-order valence-electron chi connectivity index (χ1n) is 12.4. The summed E-state index contributed by atoms with van der Waals surface area (Å²) in [5, 5.41) is 19.9. The Morgan fingerprint density at radius 3 is 2.26 bits per heavy atom. The zero-order chi connectivity index (χ0) is 27.3. The van der Waals surface area contributed by atoms with E-state index in [4.69, 9.17) is 4.98 Å². The lowest BCUT2D eigenvalue weighted by molar-refractivity contribution is -0.384. The Hall–Kier alpha value is -4.58. The molecule has 0 unspecified atom stereocenters. The van der Waals surface area contributed by atoms with Gasteiger partial charge in [0.1, 0.15) is 5.82 Å². The highest BCUT2D eigenvalue weighted by atomic mass is 32.2. The first kappa shape index (κ1) is 24.7. The number of nitro benzene ring substituents is 1. The molecule has 0 amide bonds. The molecule has 198 valence electrons. The quantitative estimate of drug-likeness (QED) is 0.239. The number of sulfone groups is 1. The van der Waals surface area contributed by atoms with E-state index >= 15 is 0 Å². The molecule has 3 aromatic carbocycles. The minimum absolute atomic E-state index is 0.0577. The first-order valence-corrected chi connectivity index (χ1v) is 13.9. The number of hydrogen-bond acceptors (Lipinski definition) is 9. The van der Waals surface area contributed by atoms with Gasteiger partial charge < -0.3 is 9.80 Å². The van der Waals surface area contributed by atoms with Crippen molar-refractivity contribution >= 4 is 43.6 Å². The predicted octanol–water partition coefficient (Wildman–Crippen LogP) is 3.96. The van der Waals surface area contributed by atoms with Gasteiger partial charge in [0.2, 0.25) is 14.9 Å². The van der Waals surface area contributed by atoms with E-state index in [-0.39, 0.29) is 21.3 Å². The summed E-state index contributed by atoms with van der Waals surface area (Å²) >= 11 is 0. The van der Waals surface area contributed by atoms with Crippen LogP contribution in [0.3, 0.4) is 0 Å². The summed E-state index contributed by atoms with van der Waals surface area (Å²) in [6.45, 7) is 6.41. The lowest BCUT2D eigenvalue weighted by Crippen LogP contribution is -2.47. The van der Waals surface area contributed by atoms with Crippen molar-refractivity contribution in [2.45, 2.75) is 23.8 Å². The molecule has 3 heterocycles. The maximum Gasteiger partial charge on any atom is 0.269 e. The monoisotopic (exact) mass is 543 g/mol. The molecule has 11 nitrogen and oxygen atoms in total. The lowest BCUT2D eigenvalue weighted by Gasteiger charge is -2.37. The second kappa shape index (κ2) is 9.31. The number of benzene rings is 3. The van der Waals surface area contributed by atoms with Crippen molar-refractivity contribution in [1.82, 2.24) is 19.8 Å². The molecule has 1 saturated heterocycles. The minimum atomic E-state index is -3.96. The predicted molar refractivity (Wildman–Crippen MR) is 147 cm³/mol. The molecule has 0 saturated carbocycles. The van der Waals surface area contributed by atoms with Crippen LogP contribution in [0, 0.1) is 24.0 Å². The highest BCUT2D eigenvalue weighted by Crippen LogP contribution is 2.31. The molecular weight excluding hydrogens is 518 g/mol. The van der Waals surface area contributed by atoms with Crippen LogP contribution < -0.4 is 9.80 Å². The Morgan fingerprint density at radius 1 is 0.872 bits per heavy atom. The van der Waals surface area contributed by atoms with Crippen molar-refractivity contribution in [3.05, 3.63) is 88.0 Å². The zero-order valence-electron chi connectivity index (χ0n) is 21.4. The van der Waals surface area contributed by atoms with E-state index in [1.807, 2.05) is 38.1 Å². The number of fused-ring (bicyclic) bond motifs is 3. The van der Waals surface area contributed by atoms with E-state index in [0.29, 0.717) is 37.5 Å². The normalized spacial score (nSPS) is 14.3. The summed E-state index contributed by atoms with van der Waals surface area (Å²) in [7, 11) is -3.96. The summed E-state index contributed by atoms with van der Waals surface area (Å²) in [5.74, 6) is 0.667. The van der Waals surface area contributed by atoms with Gasteiger partial charge in [-0.05, 0) is 61.4 Å². The van der Waals surface area contributed by atoms with Gasteiger partial charge in [-0.3, -0.25) is 10.1 Å². The largest absolute Gasteiger partial charge is 0.368 e. The molecule has 0 radical (unpaired) electrons. The molecule has 0 bridgehead atoms. The van der Waals surface area contributed by atoms with Crippen LogP contribution in [0.15, 0.2) is 76.7 Å². The van der Waals surface area contributed by atoms with Crippen LogP contribution in [0.4, 0.5) is 17.2 Å². The van der Waals surface area contributed by atoms with Crippen molar-refractivity contribution in [1.29, 1.82) is 0 Å². The van der Waals surface area contributed by atoms with Gasteiger partial charge >= 0.3 is 0 Å². The van der Waals surface area contributed by atoms with E-state index < -0.39 is 14.8 Å². The molecule has 0 atom stereocenters. The Kier molecular flexibility index (Phi) is 5.91. The Balaban J connectivity index is 1.38. The summed E-state index contributed by atoms with van der Waals surface area (Å²) in [6.07, 6.45) is 0. The Morgan fingerprint density at radius 2 is 1.56 bits per heavy atom. The number of rotatable bonds is 5. The van der Waals surface area contributed by atoms with E-state index in [0.717, 1.165) is 22.2 Å². The van der Waals surface area contributed by atoms with Gasteiger partial charge in [0.05, 0.1) is 15.3 Å². The second-order valence-corrected chi connectivity index (χ2v) is 11.4. The van der Waals surface area contributed by atoms with Gasteiger partial charge in [-0.2, -0.15) is 4.52 Å². The Labute approximate surface area is 224 Å². The number of non-ortho nitro benzene ring substituents is 1. The molecule has 1 aliphatic heterocycles. The molecule has 0 aliphatic carbocycles. The van der Waals surface area contributed by atoms with E-state index in [1.165, 1.54) is 16.6 Å². The minimum Gasteiger partial charge on any atom is -0.368 e. The molecule has 2 aromatic heterocycles. The van der Waals surface area contributed by atoms with Gasteiger partial charge in [0, 0.05) is 49.4 Å². The zero-order valence-corrected chi connectivity index (χ0v) is 22.2. The molecule has 39 heavy (non-hydrogen) atoms. The van der Waals surface area contributed by atoms with Gasteiger partial charge in [-0.15, -0.1) is 5.10 Å². The Bertz CT molecular complexity index is 1840. The van der Waals surface area contributed by atoms with E-state index in [1.54, 1.807) is 30.3 Å². The van der Waals surface area contributed by atoms with E-state index in [2.05, 4.69) is 20.1 Å². The SMILES string of the molecule is Cc1ccc(S(=O)(=O)c2nnn3c2nc(N2CCN(c4ccc([N+](=O)[O-])cc4)CC2)c2ccccc23)cc1C. The van der Waals surface area contributed by atoms with Gasteiger partial charge in [-0.25, -0.2) is 13.4 Å². The fourth-order valence-electron chi connectivity index (χ4n) is 4.90. The van der Waals surface area contributed by atoms with Crippen molar-refractivity contribution in [3.8, 4) is 0 Å². The highest BCUT2D eigenvalue weighted by molar-refractivity contribution is 7.91. The molecular formula is C27H25N7O4S. The highest BCUT2D eigenvalue weighted by Gasteiger charge is 2.29. The average Bonchev–Trinajstić information content (AvgIpc) is 3.39. The third-order valence-electron chi connectivity index (χ3n) is 7.25. The fraction of sp³-hybridized carbons (Fsp3) is 0.222. The molecule has 0 spiro atoms. The van der Waals surface area contributed by atoms with Crippen LogP contribution in [0.25, 0.3) is 16.6 Å². The van der Waals surface area contributed by atoms with Gasteiger partial charge in [0.25, 0.3) is 5.69 Å². The maximum atomic E-state index is 13.6. The maximum absolute atomic E-state index is 13.6. The molecule has 1 aliphatic rings. The average molecular weight is 544 g/mol. The summed E-state index contributed by atoms with van der Waals surface area (Å²) in [5.41, 5.74) is 3.74. The van der Waals surface area contributed by atoms with Crippen molar-refractivity contribution in [3.63, 3.8) is 0 Å². The van der Waals surface area contributed by atoms with Crippen LogP contribution >= 0.6 is 0 Å². The van der Waals surface area contributed by atoms with Crippen LogP contribution in [-0.4, -0.2) is 59.3 Å². The van der Waals surface area contributed by atoms with Gasteiger partial charge in [0.15, 0.2) is 5.65 Å². The van der Waals surface area contributed by atoms with E-state index in [9.17, 15) is 18.5 Å². The van der Waals surface area contributed by atoms with Gasteiger partial charge in [-0.1, -0.05) is 23.4 Å². The first-order chi connectivity index (χ1) is 18.7. The number of nitro groups is 1. The van der Waals surface area contributed by atoms with Crippen LogP contribution in [-0.2, 0) is 9.84 Å². The van der Waals surface area contributed by atoms with Crippen molar-refractivity contribution < 1.29 is 13.3 Å². The third-order valence-corrected chi connectivity index (χ3v) is 8.90. The lowest BCUT2D eigenvalue weighted by atomic mass is 10.1. The molecule has 1 fully saturated rings. The second-order valence-electron chi connectivity index (χ2n) is 9.58. The third kappa shape index (κ3) is 4.22. The van der Waals surface area contributed by atoms with Crippen LogP contribution in [0.1, 0.15) is 11.1 Å². The van der Waals surface area contributed by atoms with Crippen molar-refractivity contribution in [2.24, 2.45) is 0 Å².